The van der Waals surface area contributed by atoms with E-state index in [1.807, 2.05) is 0 Å². The van der Waals surface area contributed by atoms with Gasteiger partial charge in [-0.2, -0.15) is 5.26 Å². The first kappa shape index (κ1) is 8.51. The third-order valence-electron chi connectivity index (χ3n) is 2.29. The zero-order valence-corrected chi connectivity index (χ0v) is 6.71. The van der Waals surface area contributed by atoms with E-state index in [2.05, 4.69) is 6.07 Å². The molecule has 11 heavy (non-hydrogen) atoms. The van der Waals surface area contributed by atoms with Gasteiger partial charge in [0.05, 0.1) is 18.8 Å². The molecule has 1 saturated heterocycles. The number of nitriles is 1. The van der Waals surface area contributed by atoms with Gasteiger partial charge in [-0.25, -0.2) is 0 Å². The lowest BCUT2D eigenvalue weighted by atomic mass is 9.79. The number of ether oxygens (including phenoxy) is 1. The maximum atomic E-state index is 9.33. The molecule has 1 heterocycles. The lowest BCUT2D eigenvalue weighted by Crippen LogP contribution is -2.39. The molecule has 0 aliphatic carbocycles. The maximum absolute atomic E-state index is 9.33. The summed E-state index contributed by atoms with van der Waals surface area (Å²) in [5, 5.41) is 18.1. The molecule has 0 amide bonds. The highest BCUT2D eigenvalue weighted by Gasteiger charge is 2.37. The fraction of sp³-hybridized carbons (Fsp3) is 0.875. The Morgan fingerprint density at radius 1 is 1.73 bits per heavy atom. The topological polar surface area (TPSA) is 53.2 Å². The Morgan fingerprint density at radius 2 is 2.45 bits per heavy atom. The lowest BCUT2D eigenvalue weighted by Gasteiger charge is -2.32. The molecule has 62 valence electrons. The van der Waals surface area contributed by atoms with Gasteiger partial charge in [-0.15, -0.1) is 0 Å². The molecule has 0 bridgehead atoms. The summed E-state index contributed by atoms with van der Waals surface area (Å²) in [4.78, 5) is 0. The van der Waals surface area contributed by atoms with Gasteiger partial charge in [0, 0.05) is 6.61 Å². The number of hydrogen-bond donors (Lipinski definition) is 1. The summed E-state index contributed by atoms with van der Waals surface area (Å²) in [7, 11) is 0. The highest BCUT2D eigenvalue weighted by Crippen LogP contribution is 2.31. The van der Waals surface area contributed by atoms with E-state index < -0.39 is 11.5 Å². The second kappa shape index (κ2) is 3.21. The average Bonchev–Trinajstić information content (AvgIpc) is 2.05. The van der Waals surface area contributed by atoms with Crippen molar-refractivity contribution in [1.29, 1.82) is 5.26 Å². The minimum absolute atomic E-state index is 0.376. The Hall–Kier alpha value is -0.590. The van der Waals surface area contributed by atoms with Gasteiger partial charge in [-0.3, -0.25) is 0 Å². The molecule has 1 fully saturated rings. The molecule has 1 rings (SSSR count). The fourth-order valence-electron chi connectivity index (χ4n) is 1.33. The molecule has 0 radical (unpaired) electrons. The van der Waals surface area contributed by atoms with Gasteiger partial charge in [0.2, 0.25) is 0 Å². The molecular weight excluding hydrogens is 142 g/mol. The van der Waals surface area contributed by atoms with E-state index >= 15 is 0 Å². The number of nitrogens with zero attached hydrogens (tertiary/aromatic N) is 1. The van der Waals surface area contributed by atoms with Crippen LogP contribution in [0.15, 0.2) is 0 Å². The van der Waals surface area contributed by atoms with Crippen molar-refractivity contribution < 1.29 is 9.84 Å². The van der Waals surface area contributed by atoms with Gasteiger partial charge < -0.3 is 9.84 Å². The van der Waals surface area contributed by atoms with Gasteiger partial charge in [-0.05, 0) is 19.8 Å². The van der Waals surface area contributed by atoms with Crippen LogP contribution in [-0.2, 0) is 4.74 Å². The van der Waals surface area contributed by atoms with Gasteiger partial charge in [-0.1, -0.05) is 0 Å². The maximum Gasteiger partial charge on any atom is 0.106 e. The monoisotopic (exact) mass is 155 g/mol. The van der Waals surface area contributed by atoms with Crippen LogP contribution in [0.3, 0.4) is 0 Å². The summed E-state index contributed by atoms with van der Waals surface area (Å²) in [6, 6.07) is 2.14. The first-order valence-electron chi connectivity index (χ1n) is 3.88. The number of aliphatic hydroxyl groups is 1. The number of aliphatic hydroxyl groups excluding tert-OH is 1. The Labute approximate surface area is 66.6 Å². The Kier molecular flexibility index (Phi) is 2.48. The summed E-state index contributed by atoms with van der Waals surface area (Å²) in [6.45, 7) is 2.75. The van der Waals surface area contributed by atoms with E-state index in [0.717, 1.165) is 19.4 Å². The molecule has 2 unspecified atom stereocenters. The molecular formula is C8H13NO2. The first-order chi connectivity index (χ1) is 5.21. The van der Waals surface area contributed by atoms with Crippen LogP contribution in [0.25, 0.3) is 0 Å². The van der Waals surface area contributed by atoms with Crippen molar-refractivity contribution in [3.8, 4) is 6.07 Å². The molecule has 3 heteroatoms. The molecule has 1 aliphatic rings. The van der Waals surface area contributed by atoms with Crippen LogP contribution in [0.1, 0.15) is 19.8 Å². The van der Waals surface area contributed by atoms with Gasteiger partial charge in [0.1, 0.15) is 5.41 Å². The minimum atomic E-state index is -0.641. The van der Waals surface area contributed by atoms with Crippen LogP contribution in [0.4, 0.5) is 0 Å². The highest BCUT2D eigenvalue weighted by atomic mass is 16.5. The summed E-state index contributed by atoms with van der Waals surface area (Å²) in [5.41, 5.74) is -0.641. The van der Waals surface area contributed by atoms with E-state index in [-0.39, 0.29) is 0 Å². The van der Waals surface area contributed by atoms with Crippen molar-refractivity contribution >= 4 is 0 Å². The smallest absolute Gasteiger partial charge is 0.106 e. The standard InChI is InChI=1S/C8H13NO2/c1-7(10)8(5-9)3-2-4-11-6-8/h7,10H,2-4,6H2,1H3. The predicted octanol–water partition coefficient (Wildman–Crippen LogP) is 0.688. The molecule has 0 aromatic rings. The Balaban J connectivity index is 2.67. The highest BCUT2D eigenvalue weighted by molar-refractivity contribution is 5.03. The Morgan fingerprint density at radius 3 is 2.73 bits per heavy atom. The van der Waals surface area contributed by atoms with E-state index in [0.29, 0.717) is 6.61 Å². The van der Waals surface area contributed by atoms with Gasteiger partial charge >= 0.3 is 0 Å². The number of rotatable bonds is 1. The van der Waals surface area contributed by atoms with Crippen molar-refractivity contribution in [2.75, 3.05) is 13.2 Å². The zero-order valence-electron chi connectivity index (χ0n) is 6.71. The molecule has 0 aromatic carbocycles. The predicted molar refractivity (Wildman–Crippen MR) is 39.8 cm³/mol. The van der Waals surface area contributed by atoms with Crippen molar-refractivity contribution in [2.45, 2.75) is 25.9 Å². The molecule has 2 atom stereocenters. The van der Waals surface area contributed by atoms with Crippen molar-refractivity contribution in [3.63, 3.8) is 0 Å². The van der Waals surface area contributed by atoms with Crippen LogP contribution in [-0.4, -0.2) is 24.4 Å². The SMILES string of the molecule is CC(O)C1(C#N)CCCOC1. The van der Waals surface area contributed by atoms with Crippen LogP contribution in [0, 0.1) is 16.7 Å². The molecule has 0 saturated carbocycles. The van der Waals surface area contributed by atoms with Crippen molar-refractivity contribution in [3.05, 3.63) is 0 Å². The quantitative estimate of drug-likeness (QED) is 0.606. The lowest BCUT2D eigenvalue weighted by molar-refractivity contribution is -0.0416. The van der Waals surface area contributed by atoms with Gasteiger partial charge in [0.25, 0.3) is 0 Å². The second-order valence-electron chi connectivity index (χ2n) is 3.10. The van der Waals surface area contributed by atoms with Crippen LogP contribution in [0.5, 0.6) is 0 Å². The van der Waals surface area contributed by atoms with E-state index in [1.54, 1.807) is 6.92 Å². The van der Waals surface area contributed by atoms with Crippen molar-refractivity contribution in [2.24, 2.45) is 5.41 Å². The largest absolute Gasteiger partial charge is 0.392 e. The third kappa shape index (κ3) is 1.52. The summed E-state index contributed by atoms with van der Waals surface area (Å²) in [5.74, 6) is 0. The van der Waals surface area contributed by atoms with E-state index in [1.165, 1.54) is 0 Å². The van der Waals surface area contributed by atoms with Gasteiger partial charge in [0.15, 0.2) is 0 Å². The minimum Gasteiger partial charge on any atom is -0.392 e. The first-order valence-corrected chi connectivity index (χ1v) is 3.88. The normalized spacial score (nSPS) is 34.3. The van der Waals surface area contributed by atoms with Crippen LogP contribution >= 0.6 is 0 Å². The van der Waals surface area contributed by atoms with Crippen molar-refractivity contribution in [1.82, 2.24) is 0 Å². The summed E-state index contributed by atoms with van der Waals surface area (Å²) < 4.78 is 5.16. The molecule has 3 nitrogen and oxygen atoms in total. The van der Waals surface area contributed by atoms with E-state index in [9.17, 15) is 5.11 Å². The van der Waals surface area contributed by atoms with Crippen LogP contribution < -0.4 is 0 Å². The molecule has 0 aromatic heterocycles. The average molecular weight is 155 g/mol. The summed E-state index contributed by atoms with van der Waals surface area (Å²) >= 11 is 0. The van der Waals surface area contributed by atoms with E-state index in [4.69, 9.17) is 10.00 Å². The number of hydrogen-bond acceptors (Lipinski definition) is 3. The zero-order chi connectivity index (χ0) is 8.32. The third-order valence-corrected chi connectivity index (χ3v) is 2.29. The summed E-state index contributed by atoms with van der Waals surface area (Å²) in [6.07, 6.45) is 1.03. The fourth-order valence-corrected chi connectivity index (χ4v) is 1.33. The van der Waals surface area contributed by atoms with Crippen LogP contribution in [0.2, 0.25) is 0 Å². The second-order valence-corrected chi connectivity index (χ2v) is 3.10. The molecule has 1 N–H and O–H groups in total. The Bertz CT molecular complexity index is 165. The molecule has 0 spiro atoms. The molecule has 1 aliphatic heterocycles.